The molecule has 20 heavy (non-hydrogen) atoms. The highest BCUT2D eigenvalue weighted by molar-refractivity contribution is 5.69. The third-order valence-electron chi connectivity index (χ3n) is 3.18. The molecule has 0 aromatic heterocycles. The van der Waals surface area contributed by atoms with Gasteiger partial charge >= 0.3 is 5.97 Å². The Bertz CT molecular complexity index is 267. The van der Waals surface area contributed by atoms with Crippen molar-refractivity contribution in [3.63, 3.8) is 0 Å². The van der Waals surface area contributed by atoms with Gasteiger partial charge < -0.3 is 9.22 Å². The molecule has 3 heteroatoms. The predicted octanol–water partition coefficient (Wildman–Crippen LogP) is 3.93. The fourth-order valence-electron chi connectivity index (χ4n) is 1.85. The molecule has 0 aromatic rings. The first-order valence-electron chi connectivity index (χ1n) is 8.07. The van der Waals surface area contributed by atoms with E-state index in [1.54, 1.807) is 0 Å². The SMILES string of the molecule is CCC=CCCCCCCCC(=O)OCC[N+](C)(C)C. The Kier molecular flexibility index (Phi) is 11.5. The van der Waals surface area contributed by atoms with E-state index in [0.29, 0.717) is 13.0 Å². The number of likely N-dealkylation sites (N-methyl/N-ethyl adjacent to an activating group) is 1. The molecule has 118 valence electrons. The number of unbranched alkanes of at least 4 members (excludes halogenated alkanes) is 5. The van der Waals surface area contributed by atoms with Crippen LogP contribution in [0.2, 0.25) is 0 Å². The molecule has 0 radical (unpaired) electrons. The van der Waals surface area contributed by atoms with E-state index in [1.165, 1.54) is 25.7 Å². The standard InChI is InChI=1S/C17H34NO2/c1-5-6-7-8-9-10-11-12-13-14-17(19)20-16-15-18(2,3)4/h6-7H,5,8-16H2,1-4H3/q+1. The molecule has 0 saturated heterocycles. The summed E-state index contributed by atoms with van der Waals surface area (Å²) in [6.07, 6.45) is 13.3. The van der Waals surface area contributed by atoms with Crippen LogP contribution < -0.4 is 0 Å². The van der Waals surface area contributed by atoms with Crippen molar-refractivity contribution in [3.8, 4) is 0 Å². The first kappa shape index (κ1) is 19.2. The number of carbonyl (C=O) groups excluding carboxylic acids is 1. The average Bonchev–Trinajstić information content (AvgIpc) is 2.35. The van der Waals surface area contributed by atoms with Crippen LogP contribution in [0.4, 0.5) is 0 Å². The van der Waals surface area contributed by atoms with Gasteiger partial charge in [-0.1, -0.05) is 38.3 Å². The summed E-state index contributed by atoms with van der Waals surface area (Å²) in [6.45, 7) is 3.57. The lowest BCUT2D eigenvalue weighted by molar-refractivity contribution is -0.870. The Balaban J connectivity index is 3.29. The Labute approximate surface area is 125 Å². The summed E-state index contributed by atoms with van der Waals surface area (Å²) in [4.78, 5) is 11.5. The molecule has 0 unspecified atom stereocenters. The number of hydrogen-bond acceptors (Lipinski definition) is 2. The minimum atomic E-state index is -0.0377. The van der Waals surface area contributed by atoms with E-state index < -0.39 is 0 Å². The Morgan fingerprint density at radius 2 is 1.65 bits per heavy atom. The zero-order chi connectivity index (χ0) is 15.3. The predicted molar refractivity (Wildman–Crippen MR) is 85.6 cm³/mol. The Hall–Kier alpha value is -0.830. The zero-order valence-electron chi connectivity index (χ0n) is 14.0. The van der Waals surface area contributed by atoms with Crippen molar-refractivity contribution in [1.82, 2.24) is 0 Å². The van der Waals surface area contributed by atoms with Gasteiger partial charge in [0.15, 0.2) is 0 Å². The maximum Gasteiger partial charge on any atom is 0.305 e. The van der Waals surface area contributed by atoms with Crippen molar-refractivity contribution in [2.45, 2.75) is 58.3 Å². The molecule has 0 aliphatic carbocycles. The molecular weight excluding hydrogens is 250 g/mol. The van der Waals surface area contributed by atoms with Gasteiger partial charge in [0.2, 0.25) is 0 Å². The Morgan fingerprint density at radius 3 is 2.30 bits per heavy atom. The van der Waals surface area contributed by atoms with Crippen molar-refractivity contribution in [2.75, 3.05) is 34.3 Å². The number of carbonyl (C=O) groups is 1. The van der Waals surface area contributed by atoms with Gasteiger partial charge in [-0.3, -0.25) is 4.79 Å². The van der Waals surface area contributed by atoms with Gasteiger partial charge in [0.05, 0.1) is 21.1 Å². The first-order valence-corrected chi connectivity index (χ1v) is 8.07. The van der Waals surface area contributed by atoms with E-state index in [2.05, 4.69) is 40.2 Å². The topological polar surface area (TPSA) is 26.3 Å². The van der Waals surface area contributed by atoms with E-state index in [4.69, 9.17) is 4.74 Å². The molecular formula is C17H34NO2+. The van der Waals surface area contributed by atoms with Crippen molar-refractivity contribution in [3.05, 3.63) is 12.2 Å². The molecule has 0 N–H and O–H groups in total. The van der Waals surface area contributed by atoms with E-state index in [9.17, 15) is 4.79 Å². The fourth-order valence-corrected chi connectivity index (χ4v) is 1.85. The van der Waals surface area contributed by atoms with Crippen LogP contribution in [0.15, 0.2) is 12.2 Å². The molecule has 0 amide bonds. The molecule has 0 rings (SSSR count). The summed E-state index contributed by atoms with van der Waals surface area (Å²) in [7, 11) is 6.30. The molecule has 0 heterocycles. The van der Waals surface area contributed by atoms with Gasteiger partial charge in [0.1, 0.15) is 13.2 Å². The van der Waals surface area contributed by atoms with Crippen LogP contribution in [0.5, 0.6) is 0 Å². The molecule has 3 nitrogen and oxygen atoms in total. The number of rotatable bonds is 12. The van der Waals surface area contributed by atoms with Gasteiger partial charge in [-0.05, 0) is 25.7 Å². The van der Waals surface area contributed by atoms with Gasteiger partial charge in [-0.2, -0.15) is 0 Å². The van der Waals surface area contributed by atoms with Crippen molar-refractivity contribution >= 4 is 5.97 Å². The van der Waals surface area contributed by atoms with Crippen LogP contribution >= 0.6 is 0 Å². The monoisotopic (exact) mass is 284 g/mol. The van der Waals surface area contributed by atoms with Crippen LogP contribution in [0.1, 0.15) is 58.3 Å². The van der Waals surface area contributed by atoms with Crippen LogP contribution in [0.3, 0.4) is 0 Å². The van der Waals surface area contributed by atoms with Gasteiger partial charge in [-0.25, -0.2) is 0 Å². The maximum absolute atomic E-state index is 11.5. The molecule has 0 atom stereocenters. The summed E-state index contributed by atoms with van der Waals surface area (Å²) in [5, 5.41) is 0. The summed E-state index contributed by atoms with van der Waals surface area (Å²) in [6, 6.07) is 0. The minimum Gasteiger partial charge on any atom is -0.460 e. The molecule has 0 spiro atoms. The molecule has 0 aliphatic heterocycles. The van der Waals surface area contributed by atoms with E-state index in [0.717, 1.165) is 30.3 Å². The second-order valence-electron chi connectivity index (χ2n) is 6.42. The molecule has 0 saturated carbocycles. The number of hydrogen-bond donors (Lipinski definition) is 0. The highest BCUT2D eigenvalue weighted by Gasteiger charge is 2.08. The fraction of sp³-hybridized carbons (Fsp3) is 0.824. The number of ether oxygens (including phenoxy) is 1. The summed E-state index contributed by atoms with van der Waals surface area (Å²) in [5.41, 5.74) is 0. The summed E-state index contributed by atoms with van der Waals surface area (Å²) in [5.74, 6) is -0.0377. The quantitative estimate of drug-likeness (QED) is 0.235. The lowest BCUT2D eigenvalue weighted by Gasteiger charge is -2.23. The first-order chi connectivity index (χ1) is 9.45. The van der Waals surface area contributed by atoms with Crippen LogP contribution in [-0.4, -0.2) is 44.7 Å². The molecule has 0 fully saturated rings. The second-order valence-corrected chi connectivity index (χ2v) is 6.42. The van der Waals surface area contributed by atoms with E-state index in [-0.39, 0.29) is 5.97 Å². The smallest absolute Gasteiger partial charge is 0.305 e. The highest BCUT2D eigenvalue weighted by atomic mass is 16.5. The highest BCUT2D eigenvalue weighted by Crippen LogP contribution is 2.08. The van der Waals surface area contributed by atoms with Gasteiger partial charge in [0, 0.05) is 6.42 Å². The van der Waals surface area contributed by atoms with E-state index in [1.807, 2.05) is 0 Å². The molecule has 0 aliphatic rings. The maximum atomic E-state index is 11.5. The normalized spacial score (nSPS) is 12.0. The number of quaternary nitrogens is 1. The third kappa shape index (κ3) is 15.2. The summed E-state index contributed by atoms with van der Waals surface area (Å²) >= 11 is 0. The lowest BCUT2D eigenvalue weighted by Crippen LogP contribution is -2.37. The number of esters is 1. The average molecular weight is 284 g/mol. The van der Waals surface area contributed by atoms with Crippen molar-refractivity contribution < 1.29 is 14.0 Å². The van der Waals surface area contributed by atoms with Crippen molar-refractivity contribution in [2.24, 2.45) is 0 Å². The van der Waals surface area contributed by atoms with Crippen LogP contribution in [0, 0.1) is 0 Å². The third-order valence-corrected chi connectivity index (χ3v) is 3.18. The second kappa shape index (κ2) is 12.0. The number of nitrogens with zero attached hydrogens (tertiary/aromatic N) is 1. The lowest BCUT2D eigenvalue weighted by atomic mass is 10.1. The summed E-state index contributed by atoms with van der Waals surface area (Å²) < 4.78 is 6.06. The van der Waals surface area contributed by atoms with Gasteiger partial charge in [-0.15, -0.1) is 0 Å². The van der Waals surface area contributed by atoms with Gasteiger partial charge in [0.25, 0.3) is 0 Å². The van der Waals surface area contributed by atoms with Crippen molar-refractivity contribution in [1.29, 1.82) is 0 Å². The van der Waals surface area contributed by atoms with Crippen LogP contribution in [-0.2, 0) is 9.53 Å². The van der Waals surface area contributed by atoms with E-state index >= 15 is 0 Å². The molecule has 0 aromatic carbocycles. The van der Waals surface area contributed by atoms with Crippen LogP contribution in [0.25, 0.3) is 0 Å². The Morgan fingerprint density at radius 1 is 1.00 bits per heavy atom. The largest absolute Gasteiger partial charge is 0.460 e. The zero-order valence-corrected chi connectivity index (χ0v) is 14.0. The minimum absolute atomic E-state index is 0.0377. The molecule has 0 bridgehead atoms. The number of allylic oxidation sites excluding steroid dienone is 2.